The summed E-state index contributed by atoms with van der Waals surface area (Å²) in [6.07, 6.45) is 3.25. The minimum atomic E-state index is -0.319. The van der Waals surface area contributed by atoms with E-state index in [0.717, 1.165) is 31.4 Å². The monoisotopic (exact) mass is 363 g/mol. The predicted octanol–water partition coefficient (Wildman–Crippen LogP) is 4.01. The van der Waals surface area contributed by atoms with Gasteiger partial charge in [0.1, 0.15) is 12.2 Å². The van der Waals surface area contributed by atoms with Gasteiger partial charge in [-0.05, 0) is 32.3 Å². The lowest BCUT2D eigenvalue weighted by Gasteiger charge is -2.35. The lowest BCUT2D eigenvalue weighted by atomic mass is 9.92. The van der Waals surface area contributed by atoms with Crippen LogP contribution in [0.25, 0.3) is 0 Å². The van der Waals surface area contributed by atoms with E-state index in [4.69, 9.17) is 0 Å². The second-order valence-electron chi connectivity index (χ2n) is 7.13. The number of nitrogens with zero attached hydrogens (tertiary/aromatic N) is 3. The number of hydrogen-bond acceptors (Lipinski definition) is 5. The van der Waals surface area contributed by atoms with Crippen molar-refractivity contribution in [3.05, 3.63) is 69.3 Å². The molecule has 2 aromatic rings. The summed E-state index contributed by atoms with van der Waals surface area (Å²) in [5.74, 6) is -0.0254. The van der Waals surface area contributed by atoms with Crippen LogP contribution in [0, 0.1) is 10.1 Å². The topological polar surface area (TPSA) is 75.8 Å². The zero-order valence-corrected chi connectivity index (χ0v) is 15.2. The molecule has 0 amide bonds. The van der Waals surface area contributed by atoms with Crippen molar-refractivity contribution in [3.8, 4) is 0 Å². The molecule has 2 aliphatic heterocycles. The van der Waals surface area contributed by atoms with Crippen molar-refractivity contribution in [2.24, 2.45) is 4.99 Å². The molecule has 1 unspecified atom stereocenters. The van der Waals surface area contributed by atoms with Crippen molar-refractivity contribution >= 4 is 22.9 Å². The van der Waals surface area contributed by atoms with Crippen molar-refractivity contribution in [3.63, 3.8) is 0 Å². The second kappa shape index (κ2) is 6.95. The molecule has 1 saturated heterocycles. The Morgan fingerprint density at radius 2 is 1.93 bits per heavy atom. The smallest absolute Gasteiger partial charge is 0.293 e. The molecule has 2 aliphatic rings. The highest BCUT2D eigenvalue weighted by Crippen LogP contribution is 2.34. The fraction of sp³-hybridized carbons (Fsp3) is 0.333. The highest BCUT2D eigenvalue weighted by molar-refractivity contribution is 6.22. The number of fused-ring (bicyclic) bond motifs is 1. The van der Waals surface area contributed by atoms with Crippen LogP contribution in [0.15, 0.2) is 47.5 Å². The first-order valence-corrected chi connectivity index (χ1v) is 9.29. The summed E-state index contributed by atoms with van der Waals surface area (Å²) in [7, 11) is 0. The number of rotatable bonds is 3. The summed E-state index contributed by atoms with van der Waals surface area (Å²) in [5, 5.41) is 11.8. The van der Waals surface area contributed by atoms with E-state index in [1.54, 1.807) is 12.1 Å². The van der Waals surface area contributed by atoms with Crippen molar-refractivity contribution in [1.29, 1.82) is 0 Å². The largest absolute Gasteiger partial charge is 0.363 e. The van der Waals surface area contributed by atoms with E-state index in [2.05, 4.69) is 16.8 Å². The molecule has 1 fully saturated rings. The van der Waals surface area contributed by atoms with E-state index in [1.165, 1.54) is 0 Å². The standard InChI is InChI=1S/C21H21N3O3/c1-14-6-4-5-11-23(14)18-10-9-15(12-19(18)24(26)27)21-17-8-3-2-7-16(17)20(25)13-22-21/h2-3,7-10,12,14H,4-6,11,13H2,1H3. The van der Waals surface area contributed by atoms with Gasteiger partial charge in [-0.3, -0.25) is 19.9 Å². The third-order valence-corrected chi connectivity index (χ3v) is 5.42. The van der Waals surface area contributed by atoms with Crippen molar-refractivity contribution in [1.82, 2.24) is 0 Å². The molecule has 0 spiro atoms. The van der Waals surface area contributed by atoms with E-state index >= 15 is 0 Å². The van der Waals surface area contributed by atoms with Gasteiger partial charge in [0.15, 0.2) is 5.78 Å². The number of aliphatic imine (C=N–C) groups is 1. The Labute approximate surface area is 157 Å². The van der Waals surface area contributed by atoms with Crippen LogP contribution >= 0.6 is 0 Å². The zero-order chi connectivity index (χ0) is 19.0. The van der Waals surface area contributed by atoms with Gasteiger partial charge in [-0.2, -0.15) is 0 Å². The minimum absolute atomic E-state index is 0.0254. The van der Waals surface area contributed by atoms with Gasteiger partial charge in [-0.1, -0.05) is 30.3 Å². The molecule has 6 heteroatoms. The average Bonchev–Trinajstić information content (AvgIpc) is 2.68. The Balaban J connectivity index is 1.79. The number of hydrogen-bond donors (Lipinski definition) is 0. The van der Waals surface area contributed by atoms with Crippen molar-refractivity contribution in [2.75, 3.05) is 18.0 Å². The molecule has 27 heavy (non-hydrogen) atoms. The molecule has 138 valence electrons. The van der Waals surface area contributed by atoms with Crippen LogP contribution in [-0.4, -0.2) is 35.5 Å². The number of benzene rings is 2. The van der Waals surface area contributed by atoms with Gasteiger partial charge >= 0.3 is 0 Å². The van der Waals surface area contributed by atoms with E-state index in [1.807, 2.05) is 30.3 Å². The van der Waals surface area contributed by atoms with Crippen molar-refractivity contribution in [2.45, 2.75) is 32.2 Å². The normalized spacial score (nSPS) is 19.4. The highest BCUT2D eigenvalue weighted by Gasteiger charge is 2.28. The molecular weight excluding hydrogens is 342 g/mol. The molecule has 0 aliphatic carbocycles. The third kappa shape index (κ3) is 3.12. The van der Waals surface area contributed by atoms with Gasteiger partial charge in [0.2, 0.25) is 0 Å². The summed E-state index contributed by atoms with van der Waals surface area (Å²) in [6, 6.07) is 12.9. The number of Topliss-reactive ketones (excluding diaryl/α,β-unsaturated/α-hetero) is 1. The number of anilines is 1. The first-order valence-electron chi connectivity index (χ1n) is 9.29. The molecule has 0 aromatic heterocycles. The van der Waals surface area contributed by atoms with E-state index in [9.17, 15) is 14.9 Å². The first kappa shape index (κ1) is 17.4. The van der Waals surface area contributed by atoms with Crippen LogP contribution in [0.5, 0.6) is 0 Å². The molecule has 6 nitrogen and oxygen atoms in total. The van der Waals surface area contributed by atoms with Crippen LogP contribution in [0.3, 0.4) is 0 Å². The van der Waals surface area contributed by atoms with E-state index in [0.29, 0.717) is 22.5 Å². The Morgan fingerprint density at radius 1 is 1.15 bits per heavy atom. The molecule has 4 rings (SSSR count). The van der Waals surface area contributed by atoms with Gasteiger partial charge in [-0.25, -0.2) is 0 Å². The number of nitro groups is 1. The summed E-state index contributed by atoms with van der Waals surface area (Å²) < 4.78 is 0. The van der Waals surface area contributed by atoms with Gasteiger partial charge in [-0.15, -0.1) is 0 Å². The number of carbonyl (C=O) groups is 1. The SMILES string of the molecule is CC1CCCCN1c1ccc(C2=NCC(=O)c3ccccc32)cc1[N+](=O)[O-]. The maximum atomic E-state index is 12.1. The highest BCUT2D eigenvalue weighted by atomic mass is 16.6. The molecule has 0 radical (unpaired) electrons. The summed E-state index contributed by atoms with van der Waals surface area (Å²) in [5.41, 5.74) is 3.44. The summed E-state index contributed by atoms with van der Waals surface area (Å²) >= 11 is 0. The van der Waals surface area contributed by atoms with Gasteiger partial charge in [0, 0.05) is 35.3 Å². The van der Waals surface area contributed by atoms with Crippen LogP contribution in [0.2, 0.25) is 0 Å². The maximum Gasteiger partial charge on any atom is 0.293 e. The predicted molar refractivity (Wildman–Crippen MR) is 105 cm³/mol. The molecule has 2 heterocycles. The number of carbonyl (C=O) groups excluding carboxylic acids is 1. The molecule has 0 saturated carbocycles. The Kier molecular flexibility index (Phi) is 4.48. The Hall–Kier alpha value is -3.02. The van der Waals surface area contributed by atoms with Crippen LogP contribution in [0.4, 0.5) is 11.4 Å². The zero-order valence-electron chi connectivity index (χ0n) is 15.2. The minimum Gasteiger partial charge on any atom is -0.363 e. The van der Waals surface area contributed by atoms with Crippen LogP contribution in [0.1, 0.15) is 47.7 Å². The Morgan fingerprint density at radius 3 is 2.67 bits per heavy atom. The molecular formula is C21H21N3O3. The van der Waals surface area contributed by atoms with Gasteiger partial charge < -0.3 is 4.90 Å². The van der Waals surface area contributed by atoms with Crippen molar-refractivity contribution < 1.29 is 9.72 Å². The van der Waals surface area contributed by atoms with E-state index < -0.39 is 0 Å². The quantitative estimate of drug-likeness (QED) is 0.610. The average molecular weight is 363 g/mol. The summed E-state index contributed by atoms with van der Waals surface area (Å²) in [4.78, 5) is 30.1. The van der Waals surface area contributed by atoms with Gasteiger partial charge in [0.25, 0.3) is 5.69 Å². The second-order valence-corrected chi connectivity index (χ2v) is 7.13. The van der Waals surface area contributed by atoms with Crippen LogP contribution < -0.4 is 4.90 Å². The third-order valence-electron chi connectivity index (χ3n) is 5.42. The maximum absolute atomic E-state index is 12.1. The number of piperidine rings is 1. The molecule has 0 bridgehead atoms. The van der Waals surface area contributed by atoms with Crippen LogP contribution in [-0.2, 0) is 0 Å². The first-order chi connectivity index (χ1) is 13.1. The fourth-order valence-corrected chi connectivity index (χ4v) is 4.02. The Bertz CT molecular complexity index is 951. The van der Waals surface area contributed by atoms with E-state index in [-0.39, 0.29) is 29.0 Å². The molecule has 0 N–H and O–H groups in total. The summed E-state index contributed by atoms with van der Waals surface area (Å²) in [6.45, 7) is 3.02. The lowest BCUT2D eigenvalue weighted by molar-refractivity contribution is -0.384. The molecule has 2 aromatic carbocycles. The number of ketones is 1. The van der Waals surface area contributed by atoms with Gasteiger partial charge in [0.05, 0.1) is 10.6 Å². The fourth-order valence-electron chi connectivity index (χ4n) is 4.02. The number of nitro benzene ring substituents is 1. The lowest BCUT2D eigenvalue weighted by Crippen LogP contribution is -2.37. The molecule has 1 atom stereocenters.